The number of ether oxygens (including phenoxy) is 1. The molecule has 0 aromatic heterocycles. The molecular formula is C12H26N2O3. The fourth-order valence-electron chi connectivity index (χ4n) is 1.89. The zero-order valence-electron chi connectivity index (χ0n) is 11.4. The molecule has 17 heavy (non-hydrogen) atoms. The molecule has 0 aliphatic heterocycles. The molecular weight excluding hydrogens is 220 g/mol. The average molecular weight is 246 g/mol. The van der Waals surface area contributed by atoms with Gasteiger partial charge in [0.25, 0.3) is 0 Å². The second-order valence-corrected chi connectivity index (χ2v) is 4.17. The molecule has 0 aromatic carbocycles. The summed E-state index contributed by atoms with van der Waals surface area (Å²) in [4.78, 5) is 13.2. The number of likely N-dealkylation sites (N-methyl/N-ethyl adjacent to an activating group) is 2. The first kappa shape index (κ1) is 16.4. The Labute approximate surface area is 104 Å². The van der Waals surface area contributed by atoms with Gasteiger partial charge in [0.15, 0.2) is 0 Å². The Morgan fingerprint density at radius 3 is 2.53 bits per heavy atom. The van der Waals surface area contributed by atoms with Gasteiger partial charge in [-0.15, -0.1) is 0 Å². The van der Waals surface area contributed by atoms with Crippen molar-refractivity contribution in [2.75, 3.05) is 33.4 Å². The molecule has 2 N–H and O–H groups in total. The summed E-state index contributed by atoms with van der Waals surface area (Å²) in [7, 11) is 1.68. The second kappa shape index (κ2) is 9.39. The van der Waals surface area contributed by atoms with Gasteiger partial charge in [0.1, 0.15) is 6.04 Å². The molecule has 0 aliphatic rings. The van der Waals surface area contributed by atoms with Crippen molar-refractivity contribution in [3.8, 4) is 0 Å². The Kier molecular flexibility index (Phi) is 9.03. The van der Waals surface area contributed by atoms with E-state index in [4.69, 9.17) is 9.84 Å². The molecule has 2 atom stereocenters. The van der Waals surface area contributed by atoms with Gasteiger partial charge >= 0.3 is 5.97 Å². The Morgan fingerprint density at radius 2 is 2.12 bits per heavy atom. The summed E-state index contributed by atoms with van der Waals surface area (Å²) in [5.74, 6) is -0.776. The van der Waals surface area contributed by atoms with Gasteiger partial charge in [-0.25, -0.2) is 0 Å². The van der Waals surface area contributed by atoms with Crippen molar-refractivity contribution in [1.82, 2.24) is 10.2 Å². The molecule has 2 unspecified atom stereocenters. The van der Waals surface area contributed by atoms with Crippen LogP contribution in [0.5, 0.6) is 0 Å². The van der Waals surface area contributed by atoms with Gasteiger partial charge in [0, 0.05) is 19.7 Å². The summed E-state index contributed by atoms with van der Waals surface area (Å²) in [6, 6.07) is -0.134. The Bertz CT molecular complexity index is 212. The Hall–Kier alpha value is -0.650. The first-order chi connectivity index (χ1) is 8.06. The van der Waals surface area contributed by atoms with Gasteiger partial charge in [-0.3, -0.25) is 9.69 Å². The van der Waals surface area contributed by atoms with Gasteiger partial charge in [-0.05, 0) is 26.4 Å². The summed E-state index contributed by atoms with van der Waals surface area (Å²) < 4.78 is 5.11. The van der Waals surface area contributed by atoms with Gasteiger partial charge < -0.3 is 15.2 Å². The summed E-state index contributed by atoms with van der Waals surface area (Å²) in [5, 5.41) is 12.0. The third-order valence-corrected chi connectivity index (χ3v) is 2.89. The summed E-state index contributed by atoms with van der Waals surface area (Å²) in [6.07, 6.45) is 0.616. The van der Waals surface area contributed by atoms with Crippen molar-refractivity contribution in [1.29, 1.82) is 0 Å². The molecule has 0 heterocycles. The third kappa shape index (κ3) is 6.61. The molecule has 0 fully saturated rings. The van der Waals surface area contributed by atoms with Crippen molar-refractivity contribution in [3.05, 3.63) is 0 Å². The largest absolute Gasteiger partial charge is 0.480 e. The second-order valence-electron chi connectivity index (χ2n) is 4.17. The van der Waals surface area contributed by atoms with E-state index >= 15 is 0 Å². The SMILES string of the molecule is CCNC(CCN(CC)C(C)COC)C(=O)O. The van der Waals surface area contributed by atoms with Crippen LogP contribution in [0.4, 0.5) is 0 Å². The maximum Gasteiger partial charge on any atom is 0.320 e. The maximum absolute atomic E-state index is 11.0. The molecule has 0 aliphatic carbocycles. The number of carboxylic acid groups (broad SMARTS) is 1. The molecule has 5 heteroatoms. The Morgan fingerprint density at radius 1 is 1.47 bits per heavy atom. The van der Waals surface area contributed by atoms with Crippen LogP contribution in [0.25, 0.3) is 0 Å². The predicted octanol–water partition coefficient (Wildman–Crippen LogP) is 0.796. The molecule has 0 rings (SSSR count). The highest BCUT2D eigenvalue weighted by Crippen LogP contribution is 2.03. The lowest BCUT2D eigenvalue weighted by Gasteiger charge is -2.28. The molecule has 0 spiro atoms. The van der Waals surface area contributed by atoms with Crippen molar-refractivity contribution in [2.24, 2.45) is 0 Å². The van der Waals surface area contributed by atoms with Crippen LogP contribution in [-0.2, 0) is 9.53 Å². The van der Waals surface area contributed by atoms with Crippen LogP contribution in [0, 0.1) is 0 Å². The normalized spacial score (nSPS) is 14.9. The van der Waals surface area contributed by atoms with Crippen LogP contribution in [0.2, 0.25) is 0 Å². The van der Waals surface area contributed by atoms with Gasteiger partial charge in [-0.1, -0.05) is 13.8 Å². The Balaban J connectivity index is 4.14. The lowest BCUT2D eigenvalue weighted by Crippen LogP contribution is -2.43. The quantitative estimate of drug-likeness (QED) is 0.597. The minimum absolute atomic E-state index is 0.320. The number of rotatable bonds is 10. The number of carbonyl (C=O) groups is 1. The summed E-state index contributed by atoms with van der Waals surface area (Å²) in [6.45, 7) is 9.11. The van der Waals surface area contributed by atoms with Crippen molar-refractivity contribution < 1.29 is 14.6 Å². The number of nitrogens with zero attached hydrogens (tertiary/aromatic N) is 1. The van der Waals surface area contributed by atoms with E-state index in [9.17, 15) is 4.79 Å². The van der Waals surface area contributed by atoms with E-state index in [1.54, 1.807) is 7.11 Å². The molecule has 5 nitrogen and oxygen atoms in total. The minimum atomic E-state index is -0.776. The summed E-state index contributed by atoms with van der Waals surface area (Å²) in [5.41, 5.74) is 0. The topological polar surface area (TPSA) is 61.8 Å². The van der Waals surface area contributed by atoms with E-state index in [0.717, 1.165) is 13.1 Å². The smallest absolute Gasteiger partial charge is 0.320 e. The maximum atomic E-state index is 11.0. The number of carboxylic acids is 1. The standard InChI is InChI=1S/C12H26N2O3/c1-5-13-11(12(15)16)7-8-14(6-2)10(3)9-17-4/h10-11,13H,5-9H2,1-4H3,(H,15,16). The highest BCUT2D eigenvalue weighted by molar-refractivity contribution is 5.73. The minimum Gasteiger partial charge on any atom is -0.480 e. The number of aliphatic carboxylic acids is 1. The van der Waals surface area contributed by atoms with Crippen LogP contribution in [-0.4, -0.2) is 61.4 Å². The van der Waals surface area contributed by atoms with Gasteiger partial charge in [0.2, 0.25) is 0 Å². The van der Waals surface area contributed by atoms with Gasteiger partial charge in [0.05, 0.1) is 6.61 Å². The van der Waals surface area contributed by atoms with Crippen LogP contribution >= 0.6 is 0 Å². The molecule has 0 aromatic rings. The van der Waals surface area contributed by atoms with E-state index in [0.29, 0.717) is 25.6 Å². The fourth-order valence-corrected chi connectivity index (χ4v) is 1.89. The van der Waals surface area contributed by atoms with Gasteiger partial charge in [-0.2, -0.15) is 0 Å². The molecule has 0 saturated carbocycles. The first-order valence-electron chi connectivity index (χ1n) is 6.25. The average Bonchev–Trinajstić information content (AvgIpc) is 2.28. The first-order valence-corrected chi connectivity index (χ1v) is 6.25. The van der Waals surface area contributed by atoms with E-state index < -0.39 is 12.0 Å². The van der Waals surface area contributed by atoms with Crippen molar-refractivity contribution >= 4 is 5.97 Å². The monoisotopic (exact) mass is 246 g/mol. The summed E-state index contributed by atoms with van der Waals surface area (Å²) >= 11 is 0. The van der Waals surface area contributed by atoms with Crippen LogP contribution in [0.1, 0.15) is 27.2 Å². The third-order valence-electron chi connectivity index (χ3n) is 2.89. The van der Waals surface area contributed by atoms with Crippen molar-refractivity contribution in [3.63, 3.8) is 0 Å². The molecule has 0 bridgehead atoms. The lowest BCUT2D eigenvalue weighted by atomic mass is 10.1. The number of nitrogens with one attached hydrogen (secondary N) is 1. The van der Waals surface area contributed by atoms with E-state index in [2.05, 4.69) is 24.1 Å². The highest BCUT2D eigenvalue weighted by atomic mass is 16.5. The molecule has 0 amide bonds. The number of hydrogen-bond donors (Lipinski definition) is 2. The van der Waals surface area contributed by atoms with E-state index in [1.165, 1.54) is 0 Å². The molecule has 102 valence electrons. The van der Waals surface area contributed by atoms with E-state index in [-0.39, 0.29) is 0 Å². The van der Waals surface area contributed by atoms with Crippen LogP contribution in [0.15, 0.2) is 0 Å². The number of methoxy groups -OCH3 is 1. The van der Waals surface area contributed by atoms with Crippen molar-refractivity contribution in [2.45, 2.75) is 39.3 Å². The predicted molar refractivity (Wildman–Crippen MR) is 68.3 cm³/mol. The highest BCUT2D eigenvalue weighted by Gasteiger charge is 2.19. The van der Waals surface area contributed by atoms with Crippen LogP contribution in [0.3, 0.4) is 0 Å². The fraction of sp³-hybridized carbons (Fsp3) is 0.917. The van der Waals surface area contributed by atoms with Crippen LogP contribution < -0.4 is 5.32 Å². The lowest BCUT2D eigenvalue weighted by molar-refractivity contribution is -0.139. The molecule has 0 saturated heterocycles. The molecule has 0 radical (unpaired) electrons. The zero-order chi connectivity index (χ0) is 13.3. The number of hydrogen-bond acceptors (Lipinski definition) is 4. The van der Waals surface area contributed by atoms with E-state index in [1.807, 2.05) is 6.92 Å². The zero-order valence-corrected chi connectivity index (χ0v) is 11.4.